The van der Waals surface area contributed by atoms with Crippen molar-refractivity contribution in [3.05, 3.63) is 81.0 Å². The van der Waals surface area contributed by atoms with Crippen molar-refractivity contribution in [3.8, 4) is 11.3 Å². The zero-order valence-corrected chi connectivity index (χ0v) is 19.3. The van der Waals surface area contributed by atoms with Crippen molar-refractivity contribution in [1.29, 1.82) is 0 Å². The highest BCUT2D eigenvalue weighted by atomic mass is 35.5. The van der Waals surface area contributed by atoms with Crippen LogP contribution in [-0.4, -0.2) is 26.8 Å². The SMILES string of the molecule is Cc1nc(-c2ccc(F)cc2)c2c(n1)C1C(C)CC[C@@H](C2)N1C(=O)c1cccc(Cl)c1Cl. The maximum absolute atomic E-state index is 13.7. The summed E-state index contributed by atoms with van der Waals surface area (Å²) in [5.74, 6) is 0.452. The van der Waals surface area contributed by atoms with Gasteiger partial charge in [-0.15, -0.1) is 0 Å². The van der Waals surface area contributed by atoms with Gasteiger partial charge in [0.25, 0.3) is 5.91 Å². The molecule has 2 aliphatic rings. The van der Waals surface area contributed by atoms with Gasteiger partial charge in [-0.2, -0.15) is 0 Å². The Labute approximate surface area is 196 Å². The van der Waals surface area contributed by atoms with Gasteiger partial charge in [0.05, 0.1) is 33.0 Å². The third kappa shape index (κ3) is 3.48. The maximum Gasteiger partial charge on any atom is 0.256 e. The van der Waals surface area contributed by atoms with Gasteiger partial charge >= 0.3 is 0 Å². The van der Waals surface area contributed by atoms with E-state index in [2.05, 4.69) is 6.92 Å². The lowest BCUT2D eigenvalue weighted by atomic mass is 9.76. The van der Waals surface area contributed by atoms with Gasteiger partial charge in [0, 0.05) is 17.2 Å². The molecule has 1 aromatic heterocycles. The standard InChI is InChI=1S/C25H22Cl2FN3O/c1-13-6-11-17-12-19-22(15-7-9-16(28)10-8-15)29-14(2)30-23(19)24(13)31(17)25(32)18-4-3-5-20(26)21(18)27/h3-5,7-10,13,17,24H,6,11-12H2,1-2H3/t13?,17-,24?/m0/s1. The van der Waals surface area contributed by atoms with Crippen molar-refractivity contribution in [2.75, 3.05) is 0 Å². The first-order chi connectivity index (χ1) is 15.3. The Balaban J connectivity index is 1.65. The number of halogens is 3. The van der Waals surface area contributed by atoms with E-state index >= 15 is 0 Å². The molecule has 2 bridgehead atoms. The van der Waals surface area contributed by atoms with E-state index in [1.165, 1.54) is 12.1 Å². The number of rotatable bonds is 2. The summed E-state index contributed by atoms with van der Waals surface area (Å²) in [5.41, 5.74) is 4.02. The van der Waals surface area contributed by atoms with Crippen molar-refractivity contribution in [3.63, 3.8) is 0 Å². The number of carbonyl (C=O) groups excluding carboxylic acids is 1. The van der Waals surface area contributed by atoms with E-state index in [-0.39, 0.29) is 34.7 Å². The molecule has 2 unspecified atom stereocenters. The fourth-order valence-electron chi connectivity index (χ4n) is 5.10. The molecule has 3 aromatic rings. The molecule has 0 spiro atoms. The lowest BCUT2D eigenvalue weighted by Gasteiger charge is -2.49. The number of amides is 1. The van der Waals surface area contributed by atoms with E-state index in [9.17, 15) is 9.18 Å². The van der Waals surface area contributed by atoms with E-state index < -0.39 is 0 Å². The monoisotopic (exact) mass is 469 g/mol. The van der Waals surface area contributed by atoms with Crippen molar-refractivity contribution >= 4 is 29.1 Å². The van der Waals surface area contributed by atoms with Gasteiger partial charge in [-0.3, -0.25) is 4.79 Å². The Morgan fingerprint density at radius 3 is 2.59 bits per heavy atom. The van der Waals surface area contributed by atoms with Gasteiger partial charge < -0.3 is 4.90 Å². The molecule has 3 heterocycles. The normalized spacial score (nSPS) is 21.9. The molecule has 7 heteroatoms. The zero-order valence-electron chi connectivity index (χ0n) is 17.8. The summed E-state index contributed by atoms with van der Waals surface area (Å²) in [5, 5.41) is 0.645. The first-order valence-corrected chi connectivity index (χ1v) is 11.5. The maximum atomic E-state index is 13.7. The number of fused-ring (bicyclic) bond motifs is 4. The van der Waals surface area contributed by atoms with Gasteiger partial charge in [-0.25, -0.2) is 14.4 Å². The van der Waals surface area contributed by atoms with Crippen LogP contribution in [0.3, 0.4) is 0 Å². The number of benzene rings is 2. The summed E-state index contributed by atoms with van der Waals surface area (Å²) in [4.78, 5) is 25.2. The molecule has 0 radical (unpaired) electrons. The molecule has 1 saturated heterocycles. The van der Waals surface area contributed by atoms with Gasteiger partial charge in [0.1, 0.15) is 11.6 Å². The van der Waals surface area contributed by atoms with Gasteiger partial charge in [-0.05, 0) is 68.5 Å². The summed E-state index contributed by atoms with van der Waals surface area (Å²) < 4.78 is 13.5. The fraction of sp³-hybridized carbons (Fsp3) is 0.320. The van der Waals surface area contributed by atoms with Crippen LogP contribution < -0.4 is 0 Å². The van der Waals surface area contributed by atoms with Crippen LogP contribution in [0.2, 0.25) is 10.0 Å². The number of aromatic nitrogens is 2. The largest absolute Gasteiger partial charge is 0.326 e. The van der Waals surface area contributed by atoms with Crippen LogP contribution in [0.5, 0.6) is 0 Å². The van der Waals surface area contributed by atoms with Crippen LogP contribution in [0, 0.1) is 18.7 Å². The molecule has 3 atom stereocenters. The van der Waals surface area contributed by atoms with Crippen molar-refractivity contribution in [2.24, 2.45) is 5.92 Å². The van der Waals surface area contributed by atoms with Gasteiger partial charge in [0.2, 0.25) is 0 Å². The van der Waals surface area contributed by atoms with Crippen LogP contribution in [0.4, 0.5) is 4.39 Å². The van der Waals surface area contributed by atoms with Gasteiger partial charge in [0.15, 0.2) is 0 Å². The van der Waals surface area contributed by atoms with Crippen molar-refractivity contribution in [2.45, 2.75) is 45.2 Å². The molecule has 0 aliphatic carbocycles. The van der Waals surface area contributed by atoms with E-state index in [1.54, 1.807) is 30.3 Å². The highest BCUT2D eigenvalue weighted by Gasteiger charge is 2.46. The minimum absolute atomic E-state index is 0.0109. The summed E-state index contributed by atoms with van der Waals surface area (Å²) >= 11 is 12.6. The van der Waals surface area contributed by atoms with E-state index in [0.29, 0.717) is 22.8 Å². The molecule has 2 aromatic carbocycles. The average Bonchev–Trinajstić information content (AvgIpc) is 2.77. The molecule has 0 saturated carbocycles. The Bertz CT molecular complexity index is 1210. The lowest BCUT2D eigenvalue weighted by molar-refractivity contribution is 0.0226. The number of piperidine rings is 1. The highest BCUT2D eigenvalue weighted by molar-refractivity contribution is 6.43. The first kappa shape index (κ1) is 21.4. The Morgan fingerprint density at radius 1 is 1.09 bits per heavy atom. The second kappa shape index (κ2) is 8.13. The highest BCUT2D eigenvalue weighted by Crippen LogP contribution is 2.47. The van der Waals surface area contributed by atoms with Crippen LogP contribution in [0.1, 0.15) is 53.2 Å². The quantitative estimate of drug-likeness (QED) is 0.433. The smallest absolute Gasteiger partial charge is 0.256 e. The van der Waals surface area contributed by atoms with E-state index in [0.717, 1.165) is 35.4 Å². The minimum atomic E-state index is -0.283. The lowest BCUT2D eigenvalue weighted by Crippen LogP contribution is -2.53. The predicted octanol–water partition coefficient (Wildman–Crippen LogP) is 6.44. The molecular formula is C25H22Cl2FN3O. The number of carbonyl (C=O) groups is 1. The number of nitrogens with zero attached hydrogens (tertiary/aromatic N) is 3. The number of hydrogen-bond acceptors (Lipinski definition) is 3. The molecule has 164 valence electrons. The zero-order chi connectivity index (χ0) is 22.6. The Kier molecular flexibility index (Phi) is 5.42. The van der Waals surface area contributed by atoms with Crippen LogP contribution in [-0.2, 0) is 6.42 Å². The van der Waals surface area contributed by atoms with Crippen LogP contribution in [0.15, 0.2) is 42.5 Å². The molecule has 4 nitrogen and oxygen atoms in total. The van der Waals surface area contributed by atoms with Gasteiger partial charge in [-0.1, -0.05) is 36.2 Å². The topological polar surface area (TPSA) is 46.1 Å². The summed E-state index contributed by atoms with van der Waals surface area (Å²) in [7, 11) is 0. The Morgan fingerprint density at radius 2 is 1.84 bits per heavy atom. The molecule has 32 heavy (non-hydrogen) atoms. The number of aryl methyl sites for hydroxylation is 1. The summed E-state index contributed by atoms with van der Waals surface area (Å²) in [6.45, 7) is 4.01. The summed E-state index contributed by atoms with van der Waals surface area (Å²) in [6.07, 6.45) is 2.55. The molecule has 1 fully saturated rings. The van der Waals surface area contributed by atoms with E-state index in [4.69, 9.17) is 33.2 Å². The molecule has 1 amide bonds. The third-order valence-electron chi connectivity index (χ3n) is 6.59. The van der Waals surface area contributed by atoms with Crippen molar-refractivity contribution < 1.29 is 9.18 Å². The second-order valence-corrected chi connectivity index (χ2v) is 9.45. The fourth-order valence-corrected chi connectivity index (χ4v) is 5.48. The predicted molar refractivity (Wildman–Crippen MR) is 123 cm³/mol. The first-order valence-electron chi connectivity index (χ1n) is 10.7. The van der Waals surface area contributed by atoms with Crippen LogP contribution in [0.25, 0.3) is 11.3 Å². The Hall–Kier alpha value is -2.50. The molecule has 2 aliphatic heterocycles. The molecule has 5 rings (SSSR count). The van der Waals surface area contributed by atoms with Crippen molar-refractivity contribution in [1.82, 2.24) is 14.9 Å². The average molecular weight is 470 g/mol. The second-order valence-electron chi connectivity index (χ2n) is 8.66. The summed E-state index contributed by atoms with van der Waals surface area (Å²) in [6, 6.07) is 11.4. The molecule has 0 N–H and O–H groups in total. The molecular weight excluding hydrogens is 448 g/mol. The van der Waals surface area contributed by atoms with E-state index in [1.807, 2.05) is 11.8 Å². The van der Waals surface area contributed by atoms with Crippen LogP contribution >= 0.6 is 23.2 Å². The third-order valence-corrected chi connectivity index (χ3v) is 7.41. The number of hydrogen-bond donors (Lipinski definition) is 0. The minimum Gasteiger partial charge on any atom is -0.326 e.